The lowest BCUT2D eigenvalue weighted by Crippen LogP contribution is -2.21. The Hall–Kier alpha value is -3.16. The van der Waals surface area contributed by atoms with Gasteiger partial charge in [-0.3, -0.25) is 9.36 Å². The highest BCUT2D eigenvalue weighted by Gasteiger charge is 2.34. The summed E-state index contributed by atoms with van der Waals surface area (Å²) >= 11 is 0. The first-order chi connectivity index (χ1) is 12.8. The van der Waals surface area contributed by atoms with E-state index < -0.39 is 30.0 Å². The number of hydrogen-bond donors (Lipinski definition) is 0. The second kappa shape index (κ2) is 7.22. The molecule has 0 fully saturated rings. The lowest BCUT2D eigenvalue weighted by Gasteiger charge is -2.16. The molecule has 27 heavy (non-hydrogen) atoms. The van der Waals surface area contributed by atoms with Gasteiger partial charge in [-0.1, -0.05) is 12.1 Å². The first-order valence-electron chi connectivity index (χ1n) is 7.68. The number of nitrogens with zero attached hydrogens (tertiary/aromatic N) is 1. The van der Waals surface area contributed by atoms with Gasteiger partial charge in [-0.05, 0) is 42.0 Å². The normalized spacial score (nSPS) is 11.4. The molecule has 0 aliphatic rings. The summed E-state index contributed by atoms with van der Waals surface area (Å²) in [6, 6.07) is 10.6. The highest BCUT2D eigenvalue weighted by Crippen LogP contribution is 2.36. The van der Waals surface area contributed by atoms with Crippen molar-refractivity contribution in [3.63, 3.8) is 0 Å². The molecule has 0 unspecified atom stereocenters. The first kappa shape index (κ1) is 18.6. The lowest BCUT2D eigenvalue weighted by atomic mass is 10.0. The fourth-order valence-electron chi connectivity index (χ4n) is 2.59. The van der Waals surface area contributed by atoms with E-state index >= 15 is 0 Å². The molecule has 8 heteroatoms. The maximum Gasteiger partial charge on any atom is 0.417 e. The minimum Gasteiger partial charge on any atom is -0.463 e. The van der Waals surface area contributed by atoms with Crippen molar-refractivity contribution >= 4 is 0 Å². The van der Waals surface area contributed by atoms with Crippen molar-refractivity contribution in [2.75, 3.05) is 6.86 Å². The van der Waals surface area contributed by atoms with Crippen LogP contribution in [0.5, 0.6) is 5.75 Å². The molecule has 0 atom stereocenters. The Labute approximate surface area is 150 Å². The number of alkyl halides is 4. The highest BCUT2D eigenvalue weighted by molar-refractivity contribution is 5.67. The van der Waals surface area contributed by atoms with Crippen molar-refractivity contribution in [1.82, 2.24) is 4.57 Å². The molecule has 3 aromatic rings. The zero-order valence-electron chi connectivity index (χ0n) is 13.6. The summed E-state index contributed by atoms with van der Waals surface area (Å²) in [5, 5.41) is 0. The Bertz CT molecular complexity index is 993. The molecule has 3 nitrogen and oxygen atoms in total. The van der Waals surface area contributed by atoms with Crippen LogP contribution in [0.15, 0.2) is 65.6 Å². The zero-order chi connectivity index (χ0) is 19.6. The molecule has 0 amide bonds. The SMILES string of the molecule is O=c1cc(C(F)(F)F)c(-c2ccc(F)cc2)cn1-c1ccc(OCF)cc1. The van der Waals surface area contributed by atoms with E-state index in [0.29, 0.717) is 6.07 Å². The van der Waals surface area contributed by atoms with Crippen LogP contribution in [0.3, 0.4) is 0 Å². The minimum absolute atomic E-state index is 0.106. The molecule has 0 aliphatic carbocycles. The molecule has 1 heterocycles. The number of rotatable bonds is 4. The largest absolute Gasteiger partial charge is 0.463 e. The van der Waals surface area contributed by atoms with Gasteiger partial charge in [0.1, 0.15) is 11.6 Å². The molecule has 2 aromatic carbocycles. The standard InChI is InChI=1S/C19H12F5NO2/c20-11-27-15-7-5-14(6-8-15)25-10-16(12-1-3-13(21)4-2-12)17(9-18(25)26)19(22,23)24/h1-10H,11H2. The number of ether oxygens (including phenoxy) is 1. The van der Waals surface area contributed by atoms with Gasteiger partial charge in [0.05, 0.1) is 5.56 Å². The van der Waals surface area contributed by atoms with Crippen LogP contribution >= 0.6 is 0 Å². The maximum atomic E-state index is 13.4. The molecule has 0 bridgehead atoms. The molecule has 1 aromatic heterocycles. The lowest BCUT2D eigenvalue weighted by molar-refractivity contribution is -0.137. The third kappa shape index (κ3) is 3.99. The van der Waals surface area contributed by atoms with Gasteiger partial charge < -0.3 is 4.74 Å². The van der Waals surface area contributed by atoms with E-state index in [0.717, 1.165) is 22.9 Å². The van der Waals surface area contributed by atoms with Gasteiger partial charge in [-0.25, -0.2) is 8.78 Å². The van der Waals surface area contributed by atoms with Crippen molar-refractivity contribution in [2.45, 2.75) is 6.18 Å². The zero-order valence-corrected chi connectivity index (χ0v) is 13.6. The molecule has 0 spiro atoms. The average Bonchev–Trinajstić information content (AvgIpc) is 2.63. The van der Waals surface area contributed by atoms with E-state index in [1.165, 1.54) is 36.4 Å². The molecule has 0 N–H and O–H groups in total. The smallest absolute Gasteiger partial charge is 0.417 e. The quantitative estimate of drug-likeness (QED) is 0.598. The minimum atomic E-state index is -4.76. The van der Waals surface area contributed by atoms with E-state index in [1.807, 2.05) is 0 Å². The van der Waals surface area contributed by atoms with Crippen LogP contribution in [0.25, 0.3) is 16.8 Å². The summed E-state index contributed by atoms with van der Waals surface area (Å²) in [6.07, 6.45) is -3.72. The van der Waals surface area contributed by atoms with Crippen LogP contribution in [0.1, 0.15) is 5.56 Å². The van der Waals surface area contributed by atoms with Crippen LogP contribution in [-0.2, 0) is 6.18 Å². The molecule has 3 rings (SSSR count). The molecule has 0 radical (unpaired) electrons. The van der Waals surface area contributed by atoms with E-state index in [-0.39, 0.29) is 22.6 Å². The van der Waals surface area contributed by atoms with Gasteiger partial charge >= 0.3 is 6.18 Å². The van der Waals surface area contributed by atoms with Gasteiger partial charge in [0, 0.05) is 23.5 Å². The first-order valence-corrected chi connectivity index (χ1v) is 7.68. The number of aromatic nitrogens is 1. The van der Waals surface area contributed by atoms with Crippen LogP contribution in [0.4, 0.5) is 22.0 Å². The Kier molecular flexibility index (Phi) is 4.98. The van der Waals surface area contributed by atoms with Crippen LogP contribution in [-0.4, -0.2) is 11.4 Å². The second-order valence-corrected chi connectivity index (χ2v) is 5.56. The predicted octanol–water partition coefficient (Wildman–Crippen LogP) is 4.97. The number of halogens is 5. The molecule has 0 saturated carbocycles. The van der Waals surface area contributed by atoms with Gasteiger partial charge in [0.25, 0.3) is 5.56 Å². The topological polar surface area (TPSA) is 31.2 Å². The number of benzene rings is 2. The Morgan fingerprint density at radius 3 is 2.15 bits per heavy atom. The molecule has 0 saturated heterocycles. The maximum absolute atomic E-state index is 13.4. The van der Waals surface area contributed by atoms with E-state index in [2.05, 4.69) is 4.74 Å². The Morgan fingerprint density at radius 2 is 1.59 bits per heavy atom. The summed E-state index contributed by atoms with van der Waals surface area (Å²) in [5.74, 6) is -0.385. The Balaban J connectivity index is 2.17. The third-order valence-electron chi connectivity index (χ3n) is 3.85. The van der Waals surface area contributed by atoms with Gasteiger partial charge in [0.2, 0.25) is 6.86 Å². The molecular weight excluding hydrogens is 369 g/mol. The van der Waals surface area contributed by atoms with Crippen LogP contribution in [0, 0.1) is 5.82 Å². The predicted molar refractivity (Wildman–Crippen MR) is 89.0 cm³/mol. The fourth-order valence-corrected chi connectivity index (χ4v) is 2.59. The van der Waals surface area contributed by atoms with Crippen LogP contribution in [0.2, 0.25) is 0 Å². The summed E-state index contributed by atoms with van der Waals surface area (Å²) in [5.41, 5.74) is -1.91. The van der Waals surface area contributed by atoms with Crippen molar-refractivity contribution < 1.29 is 26.7 Å². The van der Waals surface area contributed by atoms with Gasteiger partial charge in [0.15, 0.2) is 0 Å². The molecule has 0 aliphatic heterocycles. The van der Waals surface area contributed by atoms with Crippen molar-refractivity contribution in [2.24, 2.45) is 0 Å². The van der Waals surface area contributed by atoms with E-state index in [4.69, 9.17) is 0 Å². The van der Waals surface area contributed by atoms with Crippen molar-refractivity contribution in [3.8, 4) is 22.6 Å². The molecule has 140 valence electrons. The van der Waals surface area contributed by atoms with Crippen molar-refractivity contribution in [1.29, 1.82) is 0 Å². The van der Waals surface area contributed by atoms with Crippen LogP contribution < -0.4 is 10.3 Å². The Morgan fingerprint density at radius 1 is 0.963 bits per heavy atom. The van der Waals surface area contributed by atoms with Gasteiger partial charge in [-0.15, -0.1) is 0 Å². The second-order valence-electron chi connectivity index (χ2n) is 5.56. The average molecular weight is 381 g/mol. The molecular formula is C19H12F5NO2. The van der Waals surface area contributed by atoms with Crippen molar-refractivity contribution in [3.05, 3.63) is 82.5 Å². The highest BCUT2D eigenvalue weighted by atomic mass is 19.4. The fraction of sp³-hybridized carbons (Fsp3) is 0.105. The van der Waals surface area contributed by atoms with E-state index in [1.54, 1.807) is 0 Å². The van der Waals surface area contributed by atoms with Gasteiger partial charge in [-0.2, -0.15) is 13.2 Å². The number of pyridine rings is 1. The third-order valence-corrected chi connectivity index (χ3v) is 3.85. The van der Waals surface area contributed by atoms with E-state index in [9.17, 15) is 26.7 Å². The summed E-state index contributed by atoms with van der Waals surface area (Å²) < 4.78 is 71.2. The summed E-state index contributed by atoms with van der Waals surface area (Å²) in [7, 11) is 0. The monoisotopic (exact) mass is 381 g/mol. The number of hydrogen-bond acceptors (Lipinski definition) is 2. The summed E-state index contributed by atoms with van der Waals surface area (Å²) in [6.45, 7) is -1.03. The summed E-state index contributed by atoms with van der Waals surface area (Å²) in [4.78, 5) is 12.2.